The van der Waals surface area contributed by atoms with Gasteiger partial charge in [0.05, 0.1) is 6.61 Å². The van der Waals surface area contributed by atoms with E-state index in [1.165, 1.54) is 0 Å². The van der Waals surface area contributed by atoms with E-state index in [0.29, 0.717) is 13.2 Å². The Labute approximate surface area is 193 Å². The predicted molar refractivity (Wildman–Crippen MR) is 127 cm³/mol. The summed E-state index contributed by atoms with van der Waals surface area (Å²) in [5.41, 5.74) is 1.00. The second kappa shape index (κ2) is 11.0. The summed E-state index contributed by atoms with van der Waals surface area (Å²) >= 11 is 1.62. The van der Waals surface area contributed by atoms with Gasteiger partial charge in [0.25, 0.3) is 0 Å². The summed E-state index contributed by atoms with van der Waals surface area (Å²) < 4.78 is 5.66. The molecular formula is C25H28N4O2S. The number of anilines is 1. The summed E-state index contributed by atoms with van der Waals surface area (Å²) in [6, 6.07) is 18.0. The smallest absolute Gasteiger partial charge is 0.223 e. The van der Waals surface area contributed by atoms with E-state index in [0.717, 1.165) is 53.0 Å². The first kappa shape index (κ1) is 22.1. The summed E-state index contributed by atoms with van der Waals surface area (Å²) in [6.07, 6.45) is 5.06. The fourth-order valence-corrected chi connectivity index (χ4v) is 4.74. The van der Waals surface area contributed by atoms with Gasteiger partial charge >= 0.3 is 0 Å². The molecule has 0 aliphatic carbocycles. The van der Waals surface area contributed by atoms with Crippen LogP contribution in [-0.2, 0) is 11.3 Å². The van der Waals surface area contributed by atoms with Crippen LogP contribution in [0.5, 0.6) is 5.75 Å². The van der Waals surface area contributed by atoms with Gasteiger partial charge in [0.15, 0.2) is 5.82 Å². The Morgan fingerprint density at radius 2 is 1.78 bits per heavy atom. The summed E-state index contributed by atoms with van der Waals surface area (Å²) in [5.74, 6) is 1.84. The van der Waals surface area contributed by atoms with Gasteiger partial charge in [-0.25, -0.2) is 9.97 Å². The first-order valence-corrected chi connectivity index (χ1v) is 11.8. The average molecular weight is 449 g/mol. The molecule has 0 spiro atoms. The quantitative estimate of drug-likeness (QED) is 0.545. The lowest BCUT2D eigenvalue weighted by atomic mass is 9.96. The number of hydrogen-bond donors (Lipinski definition) is 1. The Morgan fingerprint density at radius 1 is 1.06 bits per heavy atom. The van der Waals surface area contributed by atoms with E-state index < -0.39 is 0 Å². The van der Waals surface area contributed by atoms with Crippen LogP contribution in [0, 0.1) is 5.92 Å². The number of ether oxygens (including phenoxy) is 1. The van der Waals surface area contributed by atoms with Crippen LogP contribution in [0.2, 0.25) is 0 Å². The highest BCUT2D eigenvalue weighted by Crippen LogP contribution is 2.33. The highest BCUT2D eigenvalue weighted by molar-refractivity contribution is 7.99. The monoisotopic (exact) mass is 448 g/mol. The van der Waals surface area contributed by atoms with E-state index in [1.54, 1.807) is 24.2 Å². The summed E-state index contributed by atoms with van der Waals surface area (Å²) in [6.45, 7) is 4.63. The van der Waals surface area contributed by atoms with Gasteiger partial charge in [0.2, 0.25) is 5.91 Å². The standard InChI is InChI=1S/C25H28N4O2S/c1-2-31-22-11-7-6-8-20(22)18-28-24(30)19-12-16-29(17-13-19)23-25(27-15-14-26-23)32-21-9-4-3-5-10-21/h3-11,14-15,19H,2,12-13,16-18H2,1H3,(H,28,30). The van der Waals surface area contributed by atoms with Gasteiger partial charge in [0, 0.05) is 48.4 Å². The first-order chi connectivity index (χ1) is 15.7. The third kappa shape index (κ3) is 5.59. The molecule has 166 valence electrons. The molecule has 1 saturated heterocycles. The SMILES string of the molecule is CCOc1ccccc1CNC(=O)C1CCN(c2nccnc2Sc2ccccc2)CC1. The average Bonchev–Trinajstić information content (AvgIpc) is 2.85. The van der Waals surface area contributed by atoms with Crippen molar-refractivity contribution >= 4 is 23.5 Å². The van der Waals surface area contributed by atoms with Crippen LogP contribution < -0.4 is 15.0 Å². The minimum atomic E-state index is 0.00686. The van der Waals surface area contributed by atoms with Crippen LogP contribution in [0.15, 0.2) is 76.9 Å². The fraction of sp³-hybridized carbons (Fsp3) is 0.320. The second-order valence-corrected chi connectivity index (χ2v) is 8.68. The molecule has 2 heterocycles. The number of aromatic nitrogens is 2. The van der Waals surface area contributed by atoms with Gasteiger partial charge in [-0.3, -0.25) is 4.79 Å². The van der Waals surface area contributed by atoms with Crippen LogP contribution in [0.25, 0.3) is 0 Å². The van der Waals surface area contributed by atoms with Crippen LogP contribution in [0.3, 0.4) is 0 Å². The Bertz CT molecular complexity index is 1020. The van der Waals surface area contributed by atoms with E-state index in [1.807, 2.05) is 49.4 Å². The zero-order chi connectivity index (χ0) is 22.2. The molecule has 1 aliphatic rings. The van der Waals surface area contributed by atoms with Gasteiger partial charge in [0.1, 0.15) is 10.8 Å². The number of nitrogens with zero attached hydrogens (tertiary/aromatic N) is 3. The van der Waals surface area contributed by atoms with Gasteiger partial charge < -0.3 is 15.0 Å². The predicted octanol–water partition coefficient (Wildman–Crippen LogP) is 4.56. The van der Waals surface area contributed by atoms with Crippen LogP contribution >= 0.6 is 11.8 Å². The van der Waals surface area contributed by atoms with Crippen LogP contribution in [0.4, 0.5) is 5.82 Å². The van der Waals surface area contributed by atoms with E-state index >= 15 is 0 Å². The molecule has 0 bridgehead atoms. The zero-order valence-corrected chi connectivity index (χ0v) is 19.1. The van der Waals surface area contributed by atoms with E-state index in [4.69, 9.17) is 4.74 Å². The summed E-state index contributed by atoms with van der Waals surface area (Å²) in [4.78, 5) is 25.3. The maximum Gasteiger partial charge on any atom is 0.223 e. The Hall–Kier alpha value is -3.06. The Balaban J connectivity index is 1.33. The molecule has 0 atom stereocenters. The maximum atomic E-state index is 12.8. The van der Waals surface area contributed by atoms with Crippen molar-refractivity contribution in [2.45, 2.75) is 36.2 Å². The molecule has 7 heteroatoms. The van der Waals surface area contributed by atoms with Gasteiger partial charge in [-0.1, -0.05) is 48.2 Å². The first-order valence-electron chi connectivity index (χ1n) is 11.0. The Morgan fingerprint density at radius 3 is 2.56 bits per heavy atom. The van der Waals surface area contributed by atoms with Crippen molar-refractivity contribution in [3.63, 3.8) is 0 Å². The van der Waals surface area contributed by atoms with Crippen molar-refractivity contribution in [3.8, 4) is 5.75 Å². The minimum absolute atomic E-state index is 0.00686. The summed E-state index contributed by atoms with van der Waals surface area (Å²) in [5, 5.41) is 3.99. The van der Waals surface area contributed by atoms with Gasteiger partial charge in [-0.15, -0.1) is 0 Å². The highest BCUT2D eigenvalue weighted by Gasteiger charge is 2.27. The molecule has 4 rings (SSSR count). The van der Waals surface area contributed by atoms with Crippen molar-refractivity contribution in [2.75, 3.05) is 24.6 Å². The van der Waals surface area contributed by atoms with Crippen LogP contribution in [0.1, 0.15) is 25.3 Å². The van der Waals surface area contributed by atoms with Crippen molar-refractivity contribution in [3.05, 3.63) is 72.6 Å². The number of hydrogen-bond acceptors (Lipinski definition) is 6. The van der Waals surface area contributed by atoms with E-state index in [2.05, 4.69) is 32.3 Å². The number of amides is 1. The molecule has 6 nitrogen and oxygen atoms in total. The van der Waals surface area contributed by atoms with Crippen molar-refractivity contribution in [1.82, 2.24) is 15.3 Å². The normalized spacial score (nSPS) is 14.2. The zero-order valence-electron chi connectivity index (χ0n) is 18.2. The number of nitrogens with one attached hydrogen (secondary N) is 1. The Kier molecular flexibility index (Phi) is 7.61. The lowest BCUT2D eigenvalue weighted by Crippen LogP contribution is -2.41. The van der Waals surface area contributed by atoms with Crippen molar-refractivity contribution < 1.29 is 9.53 Å². The molecule has 0 radical (unpaired) electrons. The minimum Gasteiger partial charge on any atom is -0.494 e. The molecule has 0 saturated carbocycles. The molecule has 1 fully saturated rings. The molecular weight excluding hydrogens is 420 g/mol. The largest absolute Gasteiger partial charge is 0.494 e. The lowest BCUT2D eigenvalue weighted by molar-refractivity contribution is -0.125. The van der Waals surface area contributed by atoms with E-state index in [9.17, 15) is 4.79 Å². The van der Waals surface area contributed by atoms with Gasteiger partial charge in [-0.05, 0) is 38.0 Å². The number of benzene rings is 2. The topological polar surface area (TPSA) is 67.3 Å². The molecule has 32 heavy (non-hydrogen) atoms. The second-order valence-electron chi connectivity index (χ2n) is 7.62. The third-order valence-corrected chi connectivity index (χ3v) is 6.48. The molecule has 1 aliphatic heterocycles. The number of para-hydroxylation sites is 1. The van der Waals surface area contributed by atoms with E-state index in [-0.39, 0.29) is 11.8 Å². The maximum absolute atomic E-state index is 12.8. The molecule has 3 aromatic rings. The number of piperidine rings is 1. The lowest BCUT2D eigenvalue weighted by Gasteiger charge is -2.32. The number of rotatable bonds is 8. The number of carbonyl (C=O) groups is 1. The van der Waals surface area contributed by atoms with Crippen LogP contribution in [-0.4, -0.2) is 35.6 Å². The fourth-order valence-electron chi connectivity index (χ4n) is 3.83. The molecule has 1 amide bonds. The molecule has 1 N–H and O–H groups in total. The molecule has 2 aromatic carbocycles. The molecule has 0 unspecified atom stereocenters. The van der Waals surface area contributed by atoms with Crippen molar-refractivity contribution in [1.29, 1.82) is 0 Å². The van der Waals surface area contributed by atoms with Crippen molar-refractivity contribution in [2.24, 2.45) is 5.92 Å². The number of carbonyl (C=O) groups excluding carboxylic acids is 1. The third-order valence-electron chi connectivity index (χ3n) is 5.50. The highest BCUT2D eigenvalue weighted by atomic mass is 32.2. The van der Waals surface area contributed by atoms with Gasteiger partial charge in [-0.2, -0.15) is 0 Å². The summed E-state index contributed by atoms with van der Waals surface area (Å²) in [7, 11) is 0. The molecule has 1 aromatic heterocycles.